The third-order valence-corrected chi connectivity index (χ3v) is 3.28. The number of hydrogen-bond donors (Lipinski definition) is 1. The van der Waals surface area contributed by atoms with Gasteiger partial charge in [0.1, 0.15) is 12.4 Å². The van der Waals surface area contributed by atoms with Crippen LogP contribution < -0.4 is 10.1 Å². The van der Waals surface area contributed by atoms with Crippen LogP contribution in [-0.4, -0.2) is 31.4 Å². The van der Waals surface area contributed by atoms with Gasteiger partial charge in [0.25, 0.3) is 0 Å². The minimum atomic E-state index is 0.0721. The molecule has 1 amide bonds. The maximum absolute atomic E-state index is 11.5. The van der Waals surface area contributed by atoms with E-state index >= 15 is 0 Å². The van der Waals surface area contributed by atoms with E-state index in [1.807, 2.05) is 54.6 Å². The Morgan fingerprint density at radius 3 is 2.32 bits per heavy atom. The molecule has 0 radical (unpaired) electrons. The molecule has 2 aromatic carbocycles. The number of carbonyl (C=O) groups is 1. The summed E-state index contributed by atoms with van der Waals surface area (Å²) in [5, 5.41) is 3.13. The van der Waals surface area contributed by atoms with Crippen molar-refractivity contribution >= 4 is 5.91 Å². The van der Waals surface area contributed by atoms with Crippen LogP contribution in [0.3, 0.4) is 0 Å². The molecule has 0 aromatic heterocycles. The zero-order chi connectivity index (χ0) is 15.8. The van der Waals surface area contributed by atoms with Crippen molar-refractivity contribution in [2.75, 3.05) is 20.6 Å². The summed E-state index contributed by atoms with van der Waals surface area (Å²) in [5.41, 5.74) is 2.27. The van der Waals surface area contributed by atoms with E-state index in [-0.39, 0.29) is 5.91 Å². The van der Waals surface area contributed by atoms with Gasteiger partial charge >= 0.3 is 0 Å². The molecule has 116 valence electrons. The number of rotatable bonds is 7. The first-order chi connectivity index (χ1) is 10.6. The van der Waals surface area contributed by atoms with Crippen LogP contribution in [-0.2, 0) is 17.9 Å². The van der Waals surface area contributed by atoms with Gasteiger partial charge in [-0.25, -0.2) is 0 Å². The first kappa shape index (κ1) is 16.0. The summed E-state index contributed by atoms with van der Waals surface area (Å²) < 4.78 is 5.74. The predicted octanol–water partition coefficient (Wildman–Crippen LogP) is 2.44. The van der Waals surface area contributed by atoms with E-state index in [0.29, 0.717) is 19.7 Å². The molecule has 0 aliphatic rings. The second-order valence-electron chi connectivity index (χ2n) is 5.31. The number of nitrogens with zero attached hydrogens (tertiary/aromatic N) is 1. The first-order valence-electron chi connectivity index (χ1n) is 7.31. The van der Waals surface area contributed by atoms with Crippen molar-refractivity contribution in [2.24, 2.45) is 0 Å². The molecule has 2 aromatic rings. The SMILES string of the molecule is CN(C)C(=O)CNCc1ccc(OCc2ccccc2)cc1. The topological polar surface area (TPSA) is 41.6 Å². The van der Waals surface area contributed by atoms with Gasteiger partial charge in [-0.15, -0.1) is 0 Å². The van der Waals surface area contributed by atoms with Crippen LogP contribution in [0.1, 0.15) is 11.1 Å². The summed E-state index contributed by atoms with van der Waals surface area (Å²) in [5.74, 6) is 0.916. The lowest BCUT2D eigenvalue weighted by Crippen LogP contribution is -2.32. The Kier molecular flexibility index (Phi) is 5.98. The van der Waals surface area contributed by atoms with Crippen LogP contribution in [0.15, 0.2) is 54.6 Å². The molecule has 0 aliphatic heterocycles. The molecule has 22 heavy (non-hydrogen) atoms. The number of amides is 1. The van der Waals surface area contributed by atoms with Crippen molar-refractivity contribution < 1.29 is 9.53 Å². The van der Waals surface area contributed by atoms with Crippen molar-refractivity contribution in [3.8, 4) is 5.75 Å². The van der Waals surface area contributed by atoms with Gasteiger partial charge in [-0.3, -0.25) is 4.79 Å². The van der Waals surface area contributed by atoms with E-state index in [0.717, 1.165) is 16.9 Å². The van der Waals surface area contributed by atoms with E-state index in [9.17, 15) is 4.79 Å². The Balaban J connectivity index is 1.77. The highest BCUT2D eigenvalue weighted by molar-refractivity contribution is 5.77. The molecule has 0 saturated carbocycles. The number of carbonyl (C=O) groups excluding carboxylic acids is 1. The van der Waals surface area contributed by atoms with E-state index in [4.69, 9.17) is 4.74 Å². The second-order valence-corrected chi connectivity index (χ2v) is 5.31. The van der Waals surface area contributed by atoms with E-state index < -0.39 is 0 Å². The van der Waals surface area contributed by atoms with E-state index in [1.165, 1.54) is 0 Å². The first-order valence-corrected chi connectivity index (χ1v) is 7.31. The second kappa shape index (κ2) is 8.20. The monoisotopic (exact) mass is 298 g/mol. The molecule has 1 N–H and O–H groups in total. The molecule has 0 fully saturated rings. The Hall–Kier alpha value is -2.33. The Morgan fingerprint density at radius 1 is 1.00 bits per heavy atom. The van der Waals surface area contributed by atoms with Gasteiger partial charge in [-0.2, -0.15) is 0 Å². The van der Waals surface area contributed by atoms with Crippen LogP contribution >= 0.6 is 0 Å². The fraction of sp³-hybridized carbons (Fsp3) is 0.278. The number of nitrogens with one attached hydrogen (secondary N) is 1. The van der Waals surface area contributed by atoms with Crippen molar-refractivity contribution in [3.63, 3.8) is 0 Å². The molecule has 0 saturated heterocycles. The van der Waals surface area contributed by atoms with Crippen LogP contribution in [0.2, 0.25) is 0 Å². The van der Waals surface area contributed by atoms with Crippen molar-refractivity contribution in [1.82, 2.24) is 10.2 Å². The summed E-state index contributed by atoms with van der Waals surface area (Å²) in [6.45, 7) is 1.58. The van der Waals surface area contributed by atoms with Gasteiger partial charge in [-0.1, -0.05) is 42.5 Å². The lowest BCUT2D eigenvalue weighted by molar-refractivity contribution is -0.127. The highest BCUT2D eigenvalue weighted by Crippen LogP contribution is 2.14. The van der Waals surface area contributed by atoms with Crippen molar-refractivity contribution in [3.05, 3.63) is 65.7 Å². The lowest BCUT2D eigenvalue weighted by atomic mass is 10.2. The highest BCUT2D eigenvalue weighted by Gasteiger charge is 2.02. The normalized spacial score (nSPS) is 10.3. The minimum Gasteiger partial charge on any atom is -0.489 e. The molecule has 0 atom stereocenters. The summed E-state index contributed by atoms with van der Waals surface area (Å²) in [4.78, 5) is 13.0. The fourth-order valence-electron chi connectivity index (χ4n) is 1.92. The van der Waals surface area contributed by atoms with Gasteiger partial charge in [0.05, 0.1) is 6.54 Å². The average Bonchev–Trinajstić information content (AvgIpc) is 2.55. The molecule has 0 bridgehead atoms. The largest absolute Gasteiger partial charge is 0.489 e. The molecule has 0 spiro atoms. The van der Waals surface area contributed by atoms with Gasteiger partial charge in [0.15, 0.2) is 0 Å². The van der Waals surface area contributed by atoms with Crippen LogP contribution in [0.5, 0.6) is 5.75 Å². The summed E-state index contributed by atoms with van der Waals surface area (Å²) in [6, 6.07) is 18.0. The molecule has 4 nitrogen and oxygen atoms in total. The van der Waals surface area contributed by atoms with Gasteiger partial charge in [0, 0.05) is 20.6 Å². The molecule has 0 unspecified atom stereocenters. The summed E-state index contributed by atoms with van der Waals surface area (Å²) in [7, 11) is 3.51. The molecule has 0 aliphatic carbocycles. The number of benzene rings is 2. The fourth-order valence-corrected chi connectivity index (χ4v) is 1.92. The van der Waals surface area contributed by atoms with Crippen LogP contribution in [0, 0.1) is 0 Å². The average molecular weight is 298 g/mol. The molecule has 0 heterocycles. The lowest BCUT2D eigenvalue weighted by Gasteiger charge is -2.11. The van der Waals surface area contributed by atoms with E-state index in [1.54, 1.807) is 19.0 Å². The number of likely N-dealkylation sites (N-methyl/N-ethyl adjacent to an activating group) is 1. The highest BCUT2D eigenvalue weighted by atomic mass is 16.5. The zero-order valence-electron chi connectivity index (χ0n) is 13.1. The van der Waals surface area contributed by atoms with Crippen LogP contribution in [0.4, 0.5) is 0 Å². The summed E-state index contributed by atoms with van der Waals surface area (Å²) >= 11 is 0. The molecular formula is C18H22N2O2. The predicted molar refractivity (Wildman–Crippen MR) is 87.6 cm³/mol. The quantitative estimate of drug-likeness (QED) is 0.853. The van der Waals surface area contributed by atoms with Crippen LogP contribution in [0.25, 0.3) is 0 Å². The van der Waals surface area contributed by atoms with E-state index in [2.05, 4.69) is 5.32 Å². The maximum Gasteiger partial charge on any atom is 0.236 e. The number of ether oxygens (including phenoxy) is 1. The summed E-state index contributed by atoms with van der Waals surface area (Å²) in [6.07, 6.45) is 0. The molecular weight excluding hydrogens is 276 g/mol. The Labute approximate surface area is 131 Å². The molecule has 4 heteroatoms. The Bertz CT molecular complexity index is 580. The standard InChI is InChI=1S/C18H22N2O2/c1-20(2)18(21)13-19-12-15-8-10-17(11-9-15)22-14-16-6-4-3-5-7-16/h3-11,19H,12-14H2,1-2H3. The molecule has 2 rings (SSSR count). The zero-order valence-corrected chi connectivity index (χ0v) is 13.1. The maximum atomic E-state index is 11.5. The third kappa shape index (κ3) is 5.22. The minimum absolute atomic E-state index is 0.0721. The van der Waals surface area contributed by atoms with Gasteiger partial charge < -0.3 is 15.0 Å². The van der Waals surface area contributed by atoms with Gasteiger partial charge in [0.2, 0.25) is 5.91 Å². The third-order valence-electron chi connectivity index (χ3n) is 3.28. The Morgan fingerprint density at radius 2 is 1.68 bits per heavy atom. The van der Waals surface area contributed by atoms with Crippen molar-refractivity contribution in [2.45, 2.75) is 13.2 Å². The van der Waals surface area contributed by atoms with Gasteiger partial charge in [-0.05, 0) is 23.3 Å². The smallest absolute Gasteiger partial charge is 0.236 e. The van der Waals surface area contributed by atoms with Crippen molar-refractivity contribution in [1.29, 1.82) is 0 Å². The number of hydrogen-bond acceptors (Lipinski definition) is 3.